The normalized spacial score (nSPS) is 12.7. The van der Waals surface area contributed by atoms with Gasteiger partial charge in [0.25, 0.3) is 0 Å². The number of nitrogens with one attached hydrogen (secondary N) is 2. The summed E-state index contributed by atoms with van der Waals surface area (Å²) in [6, 6.07) is 8.88. The predicted octanol–water partition coefficient (Wildman–Crippen LogP) is 3.54. The third-order valence-electron chi connectivity index (χ3n) is 3.79. The Labute approximate surface area is 166 Å². The summed E-state index contributed by atoms with van der Waals surface area (Å²) in [5.41, 5.74) is -0.0301. The van der Waals surface area contributed by atoms with Crippen LogP contribution in [0.5, 0.6) is 5.75 Å². The van der Waals surface area contributed by atoms with E-state index >= 15 is 0 Å². The van der Waals surface area contributed by atoms with E-state index in [-0.39, 0.29) is 16.5 Å². The Balaban J connectivity index is 2.21. The van der Waals surface area contributed by atoms with Crippen molar-refractivity contribution in [1.82, 2.24) is 4.72 Å². The number of hydrogen-bond acceptors (Lipinski definition) is 4. The van der Waals surface area contributed by atoms with Crippen molar-refractivity contribution in [2.45, 2.75) is 24.8 Å². The number of amides is 1. The first-order valence-corrected chi connectivity index (χ1v) is 10.3. The Kier molecular flexibility index (Phi) is 6.96. The lowest BCUT2D eigenvalue weighted by molar-refractivity contribution is -0.118. The van der Waals surface area contributed by atoms with Crippen molar-refractivity contribution >= 4 is 37.5 Å². The van der Waals surface area contributed by atoms with Crippen LogP contribution in [-0.4, -0.2) is 27.5 Å². The number of carbonyl (C=O) groups is 1. The molecule has 0 spiro atoms. The molecule has 0 unspecified atom stereocenters. The van der Waals surface area contributed by atoms with Gasteiger partial charge in [0.1, 0.15) is 17.6 Å². The lowest BCUT2D eigenvalue weighted by Gasteiger charge is -2.22. The fraction of sp³-hybridized carbons (Fsp3) is 0.278. The molecule has 9 heteroatoms. The first kappa shape index (κ1) is 21.3. The molecular formula is C18H20BrFN2O4S. The molecule has 0 radical (unpaired) electrons. The van der Waals surface area contributed by atoms with Crippen molar-refractivity contribution < 1.29 is 22.3 Å². The standard InChI is InChI=1S/C18H20BrFN2O4S/c1-11(2)17(18(23)21-16-9-4-12(19)10-15(16)20)22-27(24,25)14-7-5-13(26-3)6-8-14/h4-11,17,22H,1-3H3,(H,21,23)/t17-/m0/s1. The van der Waals surface area contributed by atoms with Gasteiger partial charge < -0.3 is 10.1 Å². The fourth-order valence-electron chi connectivity index (χ4n) is 2.28. The zero-order chi connectivity index (χ0) is 20.2. The van der Waals surface area contributed by atoms with Crippen molar-refractivity contribution in [3.63, 3.8) is 0 Å². The maximum absolute atomic E-state index is 14.0. The topological polar surface area (TPSA) is 84.5 Å². The molecule has 0 aliphatic heterocycles. The summed E-state index contributed by atoms with van der Waals surface area (Å²) in [5, 5.41) is 2.43. The third kappa shape index (κ3) is 5.50. The number of ether oxygens (including phenoxy) is 1. The number of carbonyl (C=O) groups excluding carboxylic acids is 1. The molecule has 146 valence electrons. The first-order valence-electron chi connectivity index (χ1n) is 8.06. The van der Waals surface area contributed by atoms with Gasteiger partial charge >= 0.3 is 0 Å². The Morgan fingerprint density at radius 2 is 1.78 bits per heavy atom. The van der Waals surface area contributed by atoms with Crippen LogP contribution >= 0.6 is 15.9 Å². The highest BCUT2D eigenvalue weighted by atomic mass is 79.9. The molecule has 2 aromatic carbocycles. The lowest BCUT2D eigenvalue weighted by atomic mass is 10.0. The summed E-state index contributed by atoms with van der Waals surface area (Å²) in [4.78, 5) is 12.6. The summed E-state index contributed by atoms with van der Waals surface area (Å²) in [5.74, 6) is -1.13. The van der Waals surface area contributed by atoms with Gasteiger partial charge in [0.05, 0.1) is 17.7 Å². The lowest BCUT2D eigenvalue weighted by Crippen LogP contribution is -2.47. The number of methoxy groups -OCH3 is 1. The van der Waals surface area contributed by atoms with Gasteiger partial charge in [-0.15, -0.1) is 0 Å². The number of sulfonamides is 1. The molecule has 0 bridgehead atoms. The van der Waals surface area contributed by atoms with Crippen LogP contribution in [0.25, 0.3) is 0 Å². The van der Waals surface area contributed by atoms with E-state index in [1.807, 2.05) is 0 Å². The minimum Gasteiger partial charge on any atom is -0.497 e. The predicted molar refractivity (Wildman–Crippen MR) is 105 cm³/mol. The average molecular weight is 459 g/mol. The molecule has 6 nitrogen and oxygen atoms in total. The Morgan fingerprint density at radius 3 is 2.30 bits per heavy atom. The van der Waals surface area contributed by atoms with E-state index in [1.165, 1.54) is 43.5 Å². The summed E-state index contributed by atoms with van der Waals surface area (Å²) in [7, 11) is -2.48. The molecule has 2 aromatic rings. The van der Waals surface area contributed by atoms with E-state index in [2.05, 4.69) is 26.0 Å². The summed E-state index contributed by atoms with van der Waals surface area (Å²) >= 11 is 3.14. The van der Waals surface area contributed by atoms with Gasteiger partial charge in [-0.25, -0.2) is 12.8 Å². The van der Waals surface area contributed by atoms with Gasteiger partial charge in [-0.3, -0.25) is 4.79 Å². The molecule has 27 heavy (non-hydrogen) atoms. The smallest absolute Gasteiger partial charge is 0.242 e. The van der Waals surface area contributed by atoms with Crippen LogP contribution in [0.15, 0.2) is 51.8 Å². The molecule has 1 atom stereocenters. The summed E-state index contributed by atoms with van der Waals surface area (Å²) in [6.45, 7) is 3.39. The van der Waals surface area contributed by atoms with Crippen LogP contribution in [0, 0.1) is 11.7 Å². The molecule has 0 aliphatic rings. The van der Waals surface area contributed by atoms with Crippen molar-refractivity contribution in [1.29, 1.82) is 0 Å². The quantitative estimate of drug-likeness (QED) is 0.664. The van der Waals surface area contributed by atoms with Gasteiger partial charge in [-0.05, 0) is 48.4 Å². The second-order valence-electron chi connectivity index (χ2n) is 6.13. The van der Waals surface area contributed by atoms with Gasteiger partial charge in [0.2, 0.25) is 15.9 Å². The Hall–Kier alpha value is -1.97. The molecule has 0 saturated heterocycles. The first-order chi connectivity index (χ1) is 12.6. The maximum Gasteiger partial charge on any atom is 0.242 e. The van der Waals surface area contributed by atoms with Gasteiger partial charge in [-0.2, -0.15) is 4.72 Å². The molecule has 0 saturated carbocycles. The van der Waals surface area contributed by atoms with E-state index < -0.39 is 27.8 Å². The SMILES string of the molecule is COc1ccc(S(=O)(=O)N[C@H](C(=O)Nc2ccc(Br)cc2F)C(C)C)cc1. The van der Waals surface area contributed by atoms with Gasteiger partial charge in [0.15, 0.2) is 0 Å². The number of anilines is 1. The zero-order valence-electron chi connectivity index (χ0n) is 15.0. The number of rotatable bonds is 7. The van der Waals surface area contributed by atoms with E-state index in [1.54, 1.807) is 19.9 Å². The highest BCUT2D eigenvalue weighted by Gasteiger charge is 2.29. The summed E-state index contributed by atoms with van der Waals surface area (Å²) < 4.78 is 47.1. The number of benzene rings is 2. The second-order valence-corrected chi connectivity index (χ2v) is 8.76. The molecule has 2 rings (SSSR count). The van der Waals surface area contributed by atoms with E-state index in [0.29, 0.717) is 10.2 Å². The molecule has 2 N–H and O–H groups in total. The number of hydrogen-bond donors (Lipinski definition) is 2. The van der Waals surface area contributed by atoms with Crippen molar-refractivity contribution in [3.05, 3.63) is 52.8 Å². The molecule has 0 aliphatic carbocycles. The summed E-state index contributed by atoms with van der Waals surface area (Å²) in [6.07, 6.45) is 0. The number of halogens is 2. The Bertz CT molecular complexity index is 917. The van der Waals surface area contributed by atoms with Crippen LogP contribution in [-0.2, 0) is 14.8 Å². The zero-order valence-corrected chi connectivity index (χ0v) is 17.4. The van der Waals surface area contributed by atoms with E-state index in [0.717, 1.165) is 0 Å². The highest BCUT2D eigenvalue weighted by molar-refractivity contribution is 9.10. The largest absolute Gasteiger partial charge is 0.497 e. The van der Waals surface area contributed by atoms with Crippen LogP contribution < -0.4 is 14.8 Å². The van der Waals surface area contributed by atoms with Crippen molar-refractivity contribution in [2.75, 3.05) is 12.4 Å². The minimum atomic E-state index is -3.95. The van der Waals surface area contributed by atoms with Crippen LogP contribution in [0.1, 0.15) is 13.8 Å². The molecule has 0 aromatic heterocycles. The molecule has 0 heterocycles. The highest BCUT2D eigenvalue weighted by Crippen LogP contribution is 2.21. The van der Waals surface area contributed by atoms with Crippen LogP contribution in [0.4, 0.5) is 10.1 Å². The minimum absolute atomic E-state index is 0.00317. The van der Waals surface area contributed by atoms with E-state index in [4.69, 9.17) is 4.74 Å². The van der Waals surface area contributed by atoms with Crippen molar-refractivity contribution in [3.8, 4) is 5.75 Å². The third-order valence-corrected chi connectivity index (χ3v) is 5.74. The van der Waals surface area contributed by atoms with Crippen LogP contribution in [0.2, 0.25) is 0 Å². The fourth-order valence-corrected chi connectivity index (χ4v) is 3.96. The van der Waals surface area contributed by atoms with Gasteiger partial charge in [-0.1, -0.05) is 29.8 Å². The van der Waals surface area contributed by atoms with Crippen molar-refractivity contribution in [2.24, 2.45) is 5.92 Å². The average Bonchev–Trinajstić information content (AvgIpc) is 2.61. The monoisotopic (exact) mass is 458 g/mol. The van der Waals surface area contributed by atoms with E-state index in [9.17, 15) is 17.6 Å². The van der Waals surface area contributed by atoms with Crippen LogP contribution in [0.3, 0.4) is 0 Å². The maximum atomic E-state index is 14.0. The second kappa shape index (κ2) is 8.81. The molecular weight excluding hydrogens is 439 g/mol. The molecule has 0 fully saturated rings. The molecule has 1 amide bonds. The van der Waals surface area contributed by atoms with Gasteiger partial charge in [0, 0.05) is 4.47 Å². The Morgan fingerprint density at radius 1 is 1.15 bits per heavy atom.